The molecule has 6 heteroatoms. The highest BCUT2D eigenvalue weighted by molar-refractivity contribution is 5.93. The normalized spacial score (nSPS) is 11.6. The zero-order valence-corrected chi connectivity index (χ0v) is 14.5. The first-order chi connectivity index (χ1) is 12.6. The van der Waals surface area contributed by atoms with Crippen molar-refractivity contribution in [3.05, 3.63) is 77.1 Å². The van der Waals surface area contributed by atoms with Crippen molar-refractivity contribution in [1.29, 1.82) is 0 Å². The van der Waals surface area contributed by atoms with E-state index in [0.29, 0.717) is 17.1 Å². The molecule has 0 aliphatic heterocycles. The SMILES string of the molecule is COc1ccc(NC(=O)[C@@H](C)n2nc(-c3ccccc3)ccc2=O)cc1. The van der Waals surface area contributed by atoms with Crippen molar-refractivity contribution < 1.29 is 9.53 Å². The molecule has 1 aromatic heterocycles. The Kier molecular flexibility index (Phi) is 5.12. The van der Waals surface area contributed by atoms with Crippen LogP contribution in [0, 0.1) is 0 Å². The standard InChI is InChI=1S/C20H19N3O3/c1-14(20(25)21-16-8-10-17(26-2)11-9-16)23-19(24)13-12-18(22-23)15-6-4-3-5-7-15/h3-14H,1-2H3,(H,21,25)/t14-/m1/s1. The molecular formula is C20H19N3O3. The number of amides is 1. The van der Waals surface area contributed by atoms with Crippen LogP contribution in [0.5, 0.6) is 5.75 Å². The predicted molar refractivity (Wildman–Crippen MR) is 100 cm³/mol. The molecule has 132 valence electrons. The van der Waals surface area contributed by atoms with Gasteiger partial charge < -0.3 is 10.1 Å². The van der Waals surface area contributed by atoms with Crippen molar-refractivity contribution in [3.8, 4) is 17.0 Å². The third-order valence-corrected chi connectivity index (χ3v) is 4.00. The Hall–Kier alpha value is -3.41. The van der Waals surface area contributed by atoms with Gasteiger partial charge in [0.15, 0.2) is 0 Å². The van der Waals surface area contributed by atoms with Crippen molar-refractivity contribution in [2.24, 2.45) is 0 Å². The fourth-order valence-corrected chi connectivity index (χ4v) is 2.50. The first-order valence-corrected chi connectivity index (χ1v) is 8.18. The van der Waals surface area contributed by atoms with E-state index in [9.17, 15) is 9.59 Å². The van der Waals surface area contributed by atoms with Gasteiger partial charge in [-0.05, 0) is 37.3 Å². The van der Waals surface area contributed by atoms with Gasteiger partial charge in [-0.2, -0.15) is 5.10 Å². The lowest BCUT2D eigenvalue weighted by molar-refractivity contribution is -0.119. The molecular weight excluding hydrogens is 330 g/mol. The minimum absolute atomic E-state index is 0.324. The minimum atomic E-state index is -0.756. The van der Waals surface area contributed by atoms with Gasteiger partial charge in [-0.15, -0.1) is 0 Å². The summed E-state index contributed by atoms with van der Waals surface area (Å²) in [4.78, 5) is 24.7. The Labute approximate surface area is 151 Å². The molecule has 1 atom stereocenters. The quantitative estimate of drug-likeness (QED) is 0.768. The minimum Gasteiger partial charge on any atom is -0.497 e. The molecule has 6 nitrogen and oxygen atoms in total. The molecule has 0 unspecified atom stereocenters. The van der Waals surface area contributed by atoms with E-state index in [4.69, 9.17) is 4.74 Å². The third-order valence-electron chi connectivity index (χ3n) is 4.00. The number of nitrogens with zero attached hydrogens (tertiary/aromatic N) is 2. The number of aromatic nitrogens is 2. The Morgan fingerprint density at radius 1 is 1.04 bits per heavy atom. The molecule has 3 rings (SSSR count). The Balaban J connectivity index is 1.83. The lowest BCUT2D eigenvalue weighted by atomic mass is 10.1. The van der Waals surface area contributed by atoms with Crippen LogP contribution >= 0.6 is 0 Å². The lowest BCUT2D eigenvalue weighted by Crippen LogP contribution is -2.33. The molecule has 26 heavy (non-hydrogen) atoms. The van der Waals surface area contributed by atoms with Crippen LogP contribution in [-0.4, -0.2) is 22.8 Å². The molecule has 3 aromatic rings. The topological polar surface area (TPSA) is 73.2 Å². The number of ether oxygens (including phenoxy) is 1. The summed E-state index contributed by atoms with van der Waals surface area (Å²) >= 11 is 0. The number of carbonyl (C=O) groups is 1. The second-order valence-electron chi connectivity index (χ2n) is 5.76. The van der Waals surface area contributed by atoms with Crippen molar-refractivity contribution in [2.45, 2.75) is 13.0 Å². The van der Waals surface area contributed by atoms with E-state index in [2.05, 4.69) is 10.4 Å². The zero-order chi connectivity index (χ0) is 18.5. The van der Waals surface area contributed by atoms with Gasteiger partial charge in [-0.25, -0.2) is 4.68 Å². The van der Waals surface area contributed by atoms with Gasteiger partial charge in [0.2, 0.25) is 5.91 Å². The fraction of sp³-hybridized carbons (Fsp3) is 0.150. The molecule has 0 saturated heterocycles. The van der Waals surface area contributed by atoms with E-state index in [1.54, 1.807) is 44.4 Å². The van der Waals surface area contributed by atoms with Crippen LogP contribution in [0.2, 0.25) is 0 Å². The number of benzene rings is 2. The summed E-state index contributed by atoms with van der Waals surface area (Å²) in [5.74, 6) is 0.375. The Morgan fingerprint density at radius 2 is 1.73 bits per heavy atom. The van der Waals surface area contributed by atoms with Crippen LogP contribution in [0.25, 0.3) is 11.3 Å². The summed E-state index contributed by atoms with van der Waals surface area (Å²) in [7, 11) is 1.58. The summed E-state index contributed by atoms with van der Waals surface area (Å²) in [5, 5.41) is 7.14. The predicted octanol–water partition coefficient (Wildman–Crippen LogP) is 3.12. The van der Waals surface area contributed by atoms with Gasteiger partial charge in [0.25, 0.3) is 5.56 Å². The molecule has 0 aliphatic carbocycles. The van der Waals surface area contributed by atoms with Crippen molar-refractivity contribution in [1.82, 2.24) is 9.78 Å². The smallest absolute Gasteiger partial charge is 0.267 e. The highest BCUT2D eigenvalue weighted by atomic mass is 16.5. The third kappa shape index (κ3) is 3.80. The highest BCUT2D eigenvalue weighted by Crippen LogP contribution is 2.18. The van der Waals surface area contributed by atoms with E-state index in [1.165, 1.54) is 10.7 Å². The first-order valence-electron chi connectivity index (χ1n) is 8.18. The molecule has 0 aliphatic rings. The van der Waals surface area contributed by atoms with Gasteiger partial charge in [-0.1, -0.05) is 30.3 Å². The Bertz CT molecular complexity index is 950. The molecule has 0 bridgehead atoms. The summed E-state index contributed by atoms with van der Waals surface area (Å²) in [6.45, 7) is 1.64. The average molecular weight is 349 g/mol. The monoisotopic (exact) mass is 349 g/mol. The average Bonchev–Trinajstić information content (AvgIpc) is 2.69. The first kappa shape index (κ1) is 17.4. The van der Waals surface area contributed by atoms with Gasteiger partial charge in [-0.3, -0.25) is 9.59 Å². The molecule has 1 amide bonds. The van der Waals surface area contributed by atoms with Crippen LogP contribution < -0.4 is 15.6 Å². The number of methoxy groups -OCH3 is 1. The van der Waals surface area contributed by atoms with Crippen LogP contribution in [0.15, 0.2) is 71.5 Å². The van der Waals surface area contributed by atoms with Gasteiger partial charge in [0.05, 0.1) is 12.8 Å². The zero-order valence-electron chi connectivity index (χ0n) is 14.5. The Morgan fingerprint density at radius 3 is 2.38 bits per heavy atom. The second kappa shape index (κ2) is 7.65. The number of hydrogen-bond donors (Lipinski definition) is 1. The number of nitrogens with one attached hydrogen (secondary N) is 1. The van der Waals surface area contributed by atoms with E-state index in [1.807, 2.05) is 30.3 Å². The molecule has 1 heterocycles. The van der Waals surface area contributed by atoms with E-state index >= 15 is 0 Å². The second-order valence-corrected chi connectivity index (χ2v) is 5.76. The van der Waals surface area contributed by atoms with Gasteiger partial charge >= 0.3 is 0 Å². The molecule has 0 fully saturated rings. The van der Waals surface area contributed by atoms with Crippen molar-refractivity contribution in [2.75, 3.05) is 12.4 Å². The van der Waals surface area contributed by atoms with Crippen molar-refractivity contribution in [3.63, 3.8) is 0 Å². The highest BCUT2D eigenvalue weighted by Gasteiger charge is 2.18. The van der Waals surface area contributed by atoms with E-state index in [0.717, 1.165) is 5.56 Å². The van der Waals surface area contributed by atoms with Crippen LogP contribution in [0.3, 0.4) is 0 Å². The van der Waals surface area contributed by atoms with Crippen molar-refractivity contribution >= 4 is 11.6 Å². The number of rotatable bonds is 5. The largest absolute Gasteiger partial charge is 0.497 e. The molecule has 2 aromatic carbocycles. The lowest BCUT2D eigenvalue weighted by Gasteiger charge is -2.15. The van der Waals surface area contributed by atoms with Gasteiger partial charge in [0, 0.05) is 17.3 Å². The number of carbonyl (C=O) groups excluding carboxylic acids is 1. The maximum Gasteiger partial charge on any atom is 0.267 e. The summed E-state index contributed by atoms with van der Waals surface area (Å²) in [6.07, 6.45) is 0. The molecule has 0 spiro atoms. The van der Waals surface area contributed by atoms with Crippen LogP contribution in [-0.2, 0) is 4.79 Å². The summed E-state index contributed by atoms with van der Waals surface area (Å²) in [5.41, 5.74) is 1.80. The molecule has 1 N–H and O–H groups in total. The van der Waals surface area contributed by atoms with Gasteiger partial charge in [0.1, 0.15) is 11.8 Å². The van der Waals surface area contributed by atoms with Crippen LogP contribution in [0.1, 0.15) is 13.0 Å². The van der Waals surface area contributed by atoms with E-state index < -0.39 is 6.04 Å². The maximum absolute atomic E-state index is 12.5. The number of anilines is 1. The summed E-state index contributed by atoms with van der Waals surface area (Å²) in [6, 6.07) is 18.8. The van der Waals surface area contributed by atoms with E-state index in [-0.39, 0.29) is 11.5 Å². The summed E-state index contributed by atoms with van der Waals surface area (Å²) < 4.78 is 6.29. The number of hydrogen-bond acceptors (Lipinski definition) is 4. The molecule has 0 radical (unpaired) electrons. The maximum atomic E-state index is 12.5. The van der Waals surface area contributed by atoms with Crippen LogP contribution in [0.4, 0.5) is 5.69 Å². The fourth-order valence-electron chi connectivity index (χ4n) is 2.50. The molecule has 0 saturated carbocycles.